The number of hydrogen-bond donors (Lipinski definition) is 1. The molecule has 3 aromatic carbocycles. The van der Waals surface area contributed by atoms with Gasteiger partial charge in [-0.2, -0.15) is 5.10 Å². The van der Waals surface area contributed by atoms with Crippen LogP contribution in [0.3, 0.4) is 0 Å². The number of ether oxygens (including phenoxy) is 1. The number of nitrogens with zero attached hydrogens (tertiary/aromatic N) is 2. The predicted molar refractivity (Wildman–Crippen MR) is 131 cm³/mol. The van der Waals surface area contributed by atoms with Crippen LogP contribution in [0.4, 0.5) is 4.39 Å². The molecule has 0 saturated heterocycles. The van der Waals surface area contributed by atoms with E-state index in [1.807, 2.05) is 48.7 Å². The summed E-state index contributed by atoms with van der Waals surface area (Å²) in [4.78, 5) is 12.0. The molecule has 1 heterocycles. The fourth-order valence-corrected chi connectivity index (χ4v) is 4.38. The number of carbonyl (C=O) groups excluding carboxylic acids is 1. The first-order valence-corrected chi connectivity index (χ1v) is 11.3. The van der Waals surface area contributed by atoms with Crippen LogP contribution in [-0.2, 0) is 11.3 Å². The number of aromatic nitrogens is 1. The van der Waals surface area contributed by atoms with Gasteiger partial charge in [0.15, 0.2) is 6.61 Å². The van der Waals surface area contributed by atoms with Crippen molar-refractivity contribution < 1.29 is 13.9 Å². The van der Waals surface area contributed by atoms with Crippen molar-refractivity contribution >= 4 is 54.9 Å². The summed E-state index contributed by atoms with van der Waals surface area (Å²) in [6.07, 6.45) is 3.55. The molecule has 1 amide bonds. The normalized spacial score (nSPS) is 11.2. The molecule has 1 aromatic heterocycles. The number of carbonyl (C=O) groups is 1. The van der Waals surface area contributed by atoms with Crippen molar-refractivity contribution in [3.8, 4) is 5.75 Å². The van der Waals surface area contributed by atoms with Gasteiger partial charge < -0.3 is 9.30 Å². The van der Waals surface area contributed by atoms with Crippen LogP contribution in [0, 0.1) is 5.82 Å². The molecule has 0 aliphatic rings. The number of rotatable bonds is 7. The molecule has 1 N–H and O–H groups in total. The Hall–Kier alpha value is -2.97. The van der Waals surface area contributed by atoms with Gasteiger partial charge in [0.2, 0.25) is 0 Å². The minimum absolute atomic E-state index is 0.153. The Bertz CT molecular complexity index is 1300. The summed E-state index contributed by atoms with van der Waals surface area (Å²) < 4.78 is 22.7. The molecule has 162 valence electrons. The average Bonchev–Trinajstić information content (AvgIpc) is 3.15. The highest BCUT2D eigenvalue weighted by Crippen LogP contribution is 2.28. The molecule has 4 rings (SSSR count). The quantitative estimate of drug-likeness (QED) is 0.227. The van der Waals surface area contributed by atoms with E-state index in [0.717, 1.165) is 31.0 Å². The van der Waals surface area contributed by atoms with Gasteiger partial charge in [0.25, 0.3) is 5.91 Å². The van der Waals surface area contributed by atoms with Gasteiger partial charge in [-0.05, 0) is 75.6 Å². The molecule has 0 spiro atoms. The topological polar surface area (TPSA) is 55.6 Å². The minimum atomic E-state index is -0.363. The Balaban J connectivity index is 1.35. The lowest BCUT2D eigenvalue weighted by Gasteiger charge is -2.07. The van der Waals surface area contributed by atoms with Gasteiger partial charge in [0, 0.05) is 28.1 Å². The Morgan fingerprint density at radius 1 is 1.09 bits per heavy atom. The van der Waals surface area contributed by atoms with Gasteiger partial charge >= 0.3 is 0 Å². The molecule has 0 aliphatic carbocycles. The SMILES string of the molecule is O=C(COc1ccc(Br)cc1Br)N/N=C\c1ccc2c(ccn2Cc2cccc(F)c2)c1. The zero-order chi connectivity index (χ0) is 22.5. The molecule has 0 aliphatic heterocycles. The van der Waals surface area contributed by atoms with Crippen LogP contribution in [0.1, 0.15) is 11.1 Å². The molecule has 0 saturated carbocycles. The molecule has 32 heavy (non-hydrogen) atoms. The third kappa shape index (κ3) is 5.63. The van der Waals surface area contributed by atoms with E-state index in [-0.39, 0.29) is 18.3 Å². The van der Waals surface area contributed by atoms with Gasteiger partial charge in [-0.1, -0.05) is 34.1 Å². The Labute approximate surface area is 201 Å². The highest BCUT2D eigenvalue weighted by Gasteiger charge is 2.06. The fraction of sp³-hybridized carbons (Fsp3) is 0.0833. The zero-order valence-corrected chi connectivity index (χ0v) is 19.9. The molecule has 0 radical (unpaired) electrons. The molecule has 0 unspecified atom stereocenters. The first kappa shape index (κ1) is 22.2. The van der Waals surface area contributed by atoms with Crippen LogP contribution in [0.25, 0.3) is 10.9 Å². The lowest BCUT2D eigenvalue weighted by atomic mass is 10.1. The van der Waals surface area contributed by atoms with E-state index in [0.29, 0.717) is 12.3 Å². The van der Waals surface area contributed by atoms with E-state index in [1.54, 1.807) is 18.3 Å². The summed E-state index contributed by atoms with van der Waals surface area (Å²) in [6, 6.07) is 19.9. The van der Waals surface area contributed by atoms with Crippen molar-refractivity contribution in [3.63, 3.8) is 0 Å². The van der Waals surface area contributed by atoms with Gasteiger partial charge in [-0.25, -0.2) is 9.82 Å². The average molecular weight is 559 g/mol. The number of benzene rings is 3. The van der Waals surface area contributed by atoms with Crippen LogP contribution in [0.15, 0.2) is 87.0 Å². The second-order valence-electron chi connectivity index (χ2n) is 7.05. The Kier molecular flexibility index (Phi) is 7.02. The van der Waals surface area contributed by atoms with Crippen molar-refractivity contribution in [1.29, 1.82) is 0 Å². The fourth-order valence-electron chi connectivity index (χ4n) is 3.22. The van der Waals surface area contributed by atoms with Gasteiger partial charge in [-0.3, -0.25) is 4.79 Å². The highest BCUT2D eigenvalue weighted by atomic mass is 79.9. The number of halogens is 3. The van der Waals surface area contributed by atoms with Crippen LogP contribution in [-0.4, -0.2) is 23.3 Å². The maximum Gasteiger partial charge on any atom is 0.277 e. The molecular formula is C24H18Br2FN3O2. The lowest BCUT2D eigenvalue weighted by Crippen LogP contribution is -2.24. The molecule has 0 bridgehead atoms. The van der Waals surface area contributed by atoms with Crippen LogP contribution in [0.5, 0.6) is 5.75 Å². The first-order valence-electron chi connectivity index (χ1n) is 9.71. The lowest BCUT2D eigenvalue weighted by molar-refractivity contribution is -0.123. The number of hydrogen-bond acceptors (Lipinski definition) is 3. The number of hydrazone groups is 1. The summed E-state index contributed by atoms with van der Waals surface area (Å²) in [6.45, 7) is 0.429. The summed E-state index contributed by atoms with van der Waals surface area (Å²) >= 11 is 6.76. The van der Waals surface area contributed by atoms with Gasteiger partial charge in [-0.15, -0.1) is 0 Å². The molecule has 0 fully saturated rings. The summed E-state index contributed by atoms with van der Waals surface area (Å²) in [5, 5.41) is 5.04. The minimum Gasteiger partial charge on any atom is -0.483 e. The number of fused-ring (bicyclic) bond motifs is 1. The van der Waals surface area contributed by atoms with Crippen molar-refractivity contribution in [2.45, 2.75) is 6.54 Å². The number of amides is 1. The maximum atomic E-state index is 13.4. The van der Waals surface area contributed by atoms with Crippen molar-refractivity contribution in [2.24, 2.45) is 5.10 Å². The molecular weight excluding hydrogens is 541 g/mol. The van der Waals surface area contributed by atoms with Crippen molar-refractivity contribution in [1.82, 2.24) is 9.99 Å². The number of nitrogens with one attached hydrogen (secondary N) is 1. The standard InChI is InChI=1S/C24H18Br2FN3O2/c25-19-5-7-23(21(26)12-19)32-15-24(31)29-28-13-16-4-6-22-18(10-16)8-9-30(22)14-17-2-1-3-20(27)11-17/h1-13H,14-15H2,(H,29,31)/b28-13-. The summed E-state index contributed by atoms with van der Waals surface area (Å²) in [7, 11) is 0. The molecule has 5 nitrogen and oxygen atoms in total. The predicted octanol–water partition coefficient (Wildman–Crippen LogP) is 5.88. The summed E-state index contributed by atoms with van der Waals surface area (Å²) in [5.41, 5.74) is 5.24. The van der Waals surface area contributed by atoms with Crippen molar-refractivity contribution in [3.05, 3.63) is 98.8 Å². The van der Waals surface area contributed by atoms with Gasteiger partial charge in [0.1, 0.15) is 11.6 Å². The van der Waals surface area contributed by atoms with E-state index in [2.05, 4.69) is 47.0 Å². The first-order chi connectivity index (χ1) is 15.5. The second-order valence-corrected chi connectivity index (χ2v) is 8.82. The van der Waals surface area contributed by atoms with Crippen LogP contribution >= 0.6 is 31.9 Å². The Morgan fingerprint density at radius 2 is 1.97 bits per heavy atom. The van der Waals surface area contributed by atoms with E-state index in [9.17, 15) is 9.18 Å². The zero-order valence-electron chi connectivity index (χ0n) is 16.8. The second kappa shape index (κ2) is 10.1. The highest BCUT2D eigenvalue weighted by molar-refractivity contribution is 9.11. The van der Waals surface area contributed by atoms with Crippen LogP contribution in [0.2, 0.25) is 0 Å². The molecule has 0 atom stereocenters. The van der Waals surface area contributed by atoms with Crippen LogP contribution < -0.4 is 10.2 Å². The Morgan fingerprint density at radius 3 is 2.78 bits per heavy atom. The molecule has 4 aromatic rings. The largest absolute Gasteiger partial charge is 0.483 e. The summed E-state index contributed by atoms with van der Waals surface area (Å²) in [5.74, 6) is -0.0340. The van der Waals surface area contributed by atoms with E-state index in [4.69, 9.17) is 4.74 Å². The van der Waals surface area contributed by atoms with E-state index in [1.165, 1.54) is 12.1 Å². The van der Waals surface area contributed by atoms with E-state index >= 15 is 0 Å². The maximum absolute atomic E-state index is 13.4. The smallest absolute Gasteiger partial charge is 0.277 e. The van der Waals surface area contributed by atoms with Gasteiger partial charge in [0.05, 0.1) is 10.7 Å². The third-order valence-electron chi connectivity index (χ3n) is 4.69. The monoisotopic (exact) mass is 557 g/mol. The molecule has 8 heteroatoms. The third-order valence-corrected chi connectivity index (χ3v) is 5.81. The van der Waals surface area contributed by atoms with Crippen molar-refractivity contribution in [2.75, 3.05) is 6.61 Å². The van der Waals surface area contributed by atoms with E-state index < -0.39 is 0 Å².